The fourth-order valence-corrected chi connectivity index (χ4v) is 5.65. The van der Waals surface area contributed by atoms with Gasteiger partial charge in [0.15, 0.2) is 0 Å². The summed E-state index contributed by atoms with van der Waals surface area (Å²) in [5.74, 6) is -1.75. The summed E-state index contributed by atoms with van der Waals surface area (Å²) in [4.78, 5) is 28.0. The van der Waals surface area contributed by atoms with E-state index in [9.17, 15) is 22.4 Å². The van der Waals surface area contributed by atoms with Crippen molar-refractivity contribution in [3.05, 3.63) is 94.2 Å². The summed E-state index contributed by atoms with van der Waals surface area (Å²) in [6.45, 7) is 4.26. The molecule has 3 aromatic carbocycles. The van der Waals surface area contributed by atoms with Crippen LogP contribution in [0.4, 0.5) is 10.1 Å². The number of rotatable bonds is 11. The van der Waals surface area contributed by atoms with Gasteiger partial charge in [0, 0.05) is 23.2 Å². The van der Waals surface area contributed by atoms with Crippen LogP contribution in [0.25, 0.3) is 0 Å². The molecule has 7 nitrogen and oxygen atoms in total. The van der Waals surface area contributed by atoms with Crippen molar-refractivity contribution < 1.29 is 22.4 Å². The third-order valence-electron chi connectivity index (χ3n) is 6.25. The van der Waals surface area contributed by atoms with Crippen molar-refractivity contribution in [2.75, 3.05) is 10.8 Å². The van der Waals surface area contributed by atoms with E-state index >= 15 is 0 Å². The molecular formula is C28H30Cl2FN3O4S. The highest BCUT2D eigenvalue weighted by molar-refractivity contribution is 7.92. The summed E-state index contributed by atoms with van der Waals surface area (Å²) < 4.78 is 43.0. The fourth-order valence-electron chi connectivity index (χ4n) is 3.77. The lowest BCUT2D eigenvalue weighted by atomic mass is 10.1. The van der Waals surface area contributed by atoms with E-state index in [4.69, 9.17) is 23.2 Å². The summed E-state index contributed by atoms with van der Waals surface area (Å²) in [5.41, 5.74) is 0.163. The van der Waals surface area contributed by atoms with E-state index in [0.29, 0.717) is 6.42 Å². The van der Waals surface area contributed by atoms with Gasteiger partial charge in [-0.3, -0.25) is 13.9 Å². The second-order valence-electron chi connectivity index (χ2n) is 9.03. The van der Waals surface area contributed by atoms with Gasteiger partial charge in [-0.05, 0) is 56.7 Å². The van der Waals surface area contributed by atoms with Gasteiger partial charge in [-0.1, -0.05) is 66.5 Å². The first-order chi connectivity index (χ1) is 18.4. The Hall–Kier alpha value is -3.14. The number of carbonyl (C=O) groups is 2. The fraction of sp³-hybridized carbons (Fsp3) is 0.286. The predicted octanol–water partition coefficient (Wildman–Crippen LogP) is 5.66. The van der Waals surface area contributed by atoms with E-state index in [-0.39, 0.29) is 38.8 Å². The number of amides is 2. The van der Waals surface area contributed by atoms with Gasteiger partial charge in [0.25, 0.3) is 10.0 Å². The van der Waals surface area contributed by atoms with Crippen molar-refractivity contribution in [2.24, 2.45) is 0 Å². The summed E-state index contributed by atoms with van der Waals surface area (Å²) in [5, 5.41) is 3.08. The van der Waals surface area contributed by atoms with Crippen LogP contribution in [0, 0.1) is 5.82 Å². The maximum absolute atomic E-state index is 14.6. The molecule has 0 saturated heterocycles. The lowest BCUT2D eigenvalue weighted by molar-refractivity contribution is -0.139. The Balaban J connectivity index is 2.07. The number of anilines is 1. The summed E-state index contributed by atoms with van der Waals surface area (Å²) in [6, 6.07) is 16.5. The third kappa shape index (κ3) is 7.50. The van der Waals surface area contributed by atoms with Gasteiger partial charge in [-0.15, -0.1) is 0 Å². The van der Waals surface area contributed by atoms with Crippen molar-refractivity contribution in [3.63, 3.8) is 0 Å². The van der Waals surface area contributed by atoms with Crippen LogP contribution >= 0.6 is 23.2 Å². The van der Waals surface area contributed by atoms with Crippen LogP contribution < -0.4 is 9.62 Å². The number of hydrogen-bond acceptors (Lipinski definition) is 4. The Morgan fingerprint density at radius 3 is 2.26 bits per heavy atom. The molecule has 11 heteroatoms. The zero-order valence-corrected chi connectivity index (χ0v) is 24.1. The zero-order valence-electron chi connectivity index (χ0n) is 21.8. The van der Waals surface area contributed by atoms with Crippen LogP contribution in [0.2, 0.25) is 10.0 Å². The molecule has 0 heterocycles. The smallest absolute Gasteiger partial charge is 0.264 e. The van der Waals surface area contributed by atoms with Crippen LogP contribution in [0.3, 0.4) is 0 Å². The largest absolute Gasteiger partial charge is 0.352 e. The lowest BCUT2D eigenvalue weighted by Gasteiger charge is -2.32. The van der Waals surface area contributed by atoms with Crippen LogP contribution in [0.1, 0.15) is 32.8 Å². The second kappa shape index (κ2) is 13.3. The Morgan fingerprint density at radius 2 is 1.62 bits per heavy atom. The Kier molecular flexibility index (Phi) is 10.4. The minimum Gasteiger partial charge on any atom is -0.352 e. The van der Waals surface area contributed by atoms with Gasteiger partial charge < -0.3 is 10.2 Å². The number of sulfonamides is 1. The average Bonchev–Trinajstić information content (AvgIpc) is 2.92. The van der Waals surface area contributed by atoms with Crippen LogP contribution in [-0.4, -0.2) is 43.8 Å². The van der Waals surface area contributed by atoms with Gasteiger partial charge >= 0.3 is 0 Å². The maximum atomic E-state index is 14.6. The van der Waals surface area contributed by atoms with Crippen LogP contribution in [0.15, 0.2) is 77.7 Å². The van der Waals surface area contributed by atoms with Crippen LogP contribution in [0.5, 0.6) is 0 Å². The molecule has 2 atom stereocenters. The molecule has 0 aliphatic heterocycles. The monoisotopic (exact) mass is 593 g/mol. The molecule has 2 amide bonds. The van der Waals surface area contributed by atoms with Crippen molar-refractivity contribution in [1.82, 2.24) is 10.2 Å². The van der Waals surface area contributed by atoms with Gasteiger partial charge in [-0.25, -0.2) is 12.8 Å². The molecule has 0 saturated carbocycles. The van der Waals surface area contributed by atoms with Crippen molar-refractivity contribution in [3.8, 4) is 0 Å². The Labute approximate surface area is 238 Å². The SMILES string of the molecule is CC[C@H](C)NC(=O)[C@H](C)N(Cc1ccccc1F)C(=O)CN(c1cc(Cl)ccc1Cl)S(=O)(=O)c1ccccc1. The number of nitrogens with one attached hydrogen (secondary N) is 1. The average molecular weight is 595 g/mol. The molecule has 0 aromatic heterocycles. The molecule has 0 spiro atoms. The number of benzene rings is 3. The molecule has 39 heavy (non-hydrogen) atoms. The summed E-state index contributed by atoms with van der Waals surface area (Å²) >= 11 is 12.5. The number of halogens is 3. The van der Waals surface area contributed by atoms with E-state index in [1.165, 1.54) is 55.5 Å². The van der Waals surface area contributed by atoms with E-state index in [1.54, 1.807) is 24.3 Å². The maximum Gasteiger partial charge on any atom is 0.264 e. The van der Waals surface area contributed by atoms with Crippen molar-refractivity contribution in [1.29, 1.82) is 0 Å². The first-order valence-electron chi connectivity index (χ1n) is 12.3. The molecule has 0 bridgehead atoms. The van der Waals surface area contributed by atoms with Crippen LogP contribution in [-0.2, 0) is 26.2 Å². The summed E-state index contributed by atoms with van der Waals surface area (Å²) in [6.07, 6.45) is 0.663. The molecule has 0 aliphatic carbocycles. The summed E-state index contributed by atoms with van der Waals surface area (Å²) in [7, 11) is -4.30. The minimum absolute atomic E-state index is 0.0103. The molecule has 3 rings (SSSR count). The molecule has 208 valence electrons. The van der Waals surface area contributed by atoms with E-state index in [0.717, 1.165) is 9.21 Å². The van der Waals surface area contributed by atoms with E-state index in [1.807, 2.05) is 13.8 Å². The molecule has 0 fully saturated rings. The van der Waals surface area contributed by atoms with Gasteiger partial charge in [0.1, 0.15) is 18.4 Å². The normalized spacial score (nSPS) is 12.9. The molecule has 0 aliphatic rings. The lowest BCUT2D eigenvalue weighted by Crippen LogP contribution is -2.52. The number of carbonyl (C=O) groups excluding carboxylic acids is 2. The third-order valence-corrected chi connectivity index (χ3v) is 8.58. The molecular weight excluding hydrogens is 564 g/mol. The topological polar surface area (TPSA) is 86.8 Å². The second-order valence-corrected chi connectivity index (χ2v) is 11.7. The first kappa shape index (κ1) is 30.4. The van der Waals surface area contributed by atoms with Crippen molar-refractivity contribution in [2.45, 2.75) is 50.7 Å². The van der Waals surface area contributed by atoms with Gasteiger partial charge in [0.05, 0.1) is 15.6 Å². The van der Waals surface area contributed by atoms with E-state index < -0.39 is 40.2 Å². The minimum atomic E-state index is -4.30. The van der Waals surface area contributed by atoms with E-state index in [2.05, 4.69) is 5.32 Å². The number of nitrogens with zero attached hydrogens (tertiary/aromatic N) is 2. The number of hydrogen-bond donors (Lipinski definition) is 1. The molecule has 1 N–H and O–H groups in total. The van der Waals surface area contributed by atoms with Crippen molar-refractivity contribution >= 4 is 50.7 Å². The molecule has 3 aromatic rings. The Bertz CT molecular complexity index is 1420. The quantitative estimate of drug-likeness (QED) is 0.311. The zero-order chi connectivity index (χ0) is 28.7. The predicted molar refractivity (Wildman–Crippen MR) is 152 cm³/mol. The molecule has 0 unspecified atom stereocenters. The highest BCUT2D eigenvalue weighted by atomic mass is 35.5. The van der Waals surface area contributed by atoms with Gasteiger partial charge in [-0.2, -0.15) is 0 Å². The Morgan fingerprint density at radius 1 is 0.974 bits per heavy atom. The molecule has 0 radical (unpaired) electrons. The highest BCUT2D eigenvalue weighted by Crippen LogP contribution is 2.33. The standard InChI is InChI=1S/C28H30Cl2FN3O4S/c1-4-19(2)32-28(36)20(3)33(17-21-10-8-9-13-25(21)31)27(35)18-34(26-16-22(29)14-15-24(26)30)39(37,38)23-11-6-5-7-12-23/h5-16,19-20H,4,17-18H2,1-3H3,(H,32,36)/t19-,20-/m0/s1. The van der Waals surface area contributed by atoms with Gasteiger partial charge in [0.2, 0.25) is 11.8 Å². The first-order valence-corrected chi connectivity index (χ1v) is 14.5. The highest BCUT2D eigenvalue weighted by Gasteiger charge is 2.34.